The van der Waals surface area contributed by atoms with Gasteiger partial charge in [-0.25, -0.2) is 4.98 Å². The lowest BCUT2D eigenvalue weighted by Gasteiger charge is -2.23. The van der Waals surface area contributed by atoms with Crippen molar-refractivity contribution in [1.29, 1.82) is 0 Å². The summed E-state index contributed by atoms with van der Waals surface area (Å²) in [5.74, 6) is -0.714. The Hall–Kier alpha value is -2.16. The van der Waals surface area contributed by atoms with Gasteiger partial charge in [0.2, 0.25) is 0 Å². The molecule has 2 aromatic rings. The summed E-state index contributed by atoms with van der Waals surface area (Å²) in [5, 5.41) is 13.4. The third kappa shape index (κ3) is 3.82. The fourth-order valence-electron chi connectivity index (χ4n) is 2.90. The van der Waals surface area contributed by atoms with Gasteiger partial charge in [0.15, 0.2) is 0 Å². The quantitative estimate of drug-likeness (QED) is 0.843. The van der Waals surface area contributed by atoms with Crippen molar-refractivity contribution < 1.29 is 27.6 Å². The van der Waals surface area contributed by atoms with Crippen molar-refractivity contribution in [3.8, 4) is 0 Å². The van der Waals surface area contributed by atoms with Crippen molar-refractivity contribution in [2.24, 2.45) is 0 Å². The number of halogens is 3. The molecule has 1 N–H and O–H groups in total. The standard InChI is InChI=1S/C17H20F3N3O3/c1-9(2)14-13-11(16(25)23(5-6-24)8-17(18,19)20)7-12(10-3-4-10)21-15(13)26-22-14/h7,9-10,24H,3-6,8H2,1-2H3. The molecular weight excluding hydrogens is 351 g/mol. The number of pyridine rings is 1. The number of carbonyl (C=O) groups excluding carboxylic acids is 1. The number of carbonyl (C=O) groups is 1. The van der Waals surface area contributed by atoms with Crippen LogP contribution in [0, 0.1) is 0 Å². The maximum absolute atomic E-state index is 12.9. The maximum atomic E-state index is 12.9. The number of aliphatic hydroxyl groups excluding tert-OH is 1. The number of nitrogens with zero attached hydrogens (tertiary/aromatic N) is 3. The number of aromatic nitrogens is 2. The van der Waals surface area contributed by atoms with E-state index in [2.05, 4.69) is 10.1 Å². The minimum absolute atomic E-state index is 0.0923. The van der Waals surface area contributed by atoms with Crippen LogP contribution < -0.4 is 0 Å². The predicted molar refractivity (Wildman–Crippen MR) is 86.9 cm³/mol. The van der Waals surface area contributed by atoms with Crippen LogP contribution >= 0.6 is 0 Å². The van der Waals surface area contributed by atoms with Crippen LogP contribution in [0.2, 0.25) is 0 Å². The van der Waals surface area contributed by atoms with E-state index in [0.29, 0.717) is 21.7 Å². The molecule has 1 aliphatic carbocycles. The molecule has 1 fully saturated rings. The second-order valence-corrected chi connectivity index (χ2v) is 6.84. The van der Waals surface area contributed by atoms with Crippen molar-refractivity contribution in [2.75, 3.05) is 19.7 Å². The van der Waals surface area contributed by atoms with Crippen LogP contribution in [0.15, 0.2) is 10.6 Å². The molecular formula is C17H20F3N3O3. The Morgan fingerprint density at radius 2 is 2.12 bits per heavy atom. The smallest absolute Gasteiger partial charge is 0.395 e. The molecule has 0 spiro atoms. The van der Waals surface area contributed by atoms with E-state index in [0.717, 1.165) is 12.8 Å². The molecule has 3 rings (SSSR count). The van der Waals surface area contributed by atoms with Gasteiger partial charge in [0.1, 0.15) is 6.54 Å². The van der Waals surface area contributed by atoms with Crippen molar-refractivity contribution in [3.05, 3.63) is 23.0 Å². The summed E-state index contributed by atoms with van der Waals surface area (Å²) >= 11 is 0. The lowest BCUT2D eigenvalue weighted by molar-refractivity contribution is -0.141. The van der Waals surface area contributed by atoms with Crippen LogP contribution in [0.4, 0.5) is 13.2 Å². The molecule has 1 amide bonds. The Morgan fingerprint density at radius 3 is 2.65 bits per heavy atom. The van der Waals surface area contributed by atoms with Gasteiger partial charge in [-0.15, -0.1) is 0 Å². The number of alkyl halides is 3. The zero-order valence-electron chi connectivity index (χ0n) is 14.5. The van der Waals surface area contributed by atoms with E-state index in [1.165, 1.54) is 0 Å². The van der Waals surface area contributed by atoms with Gasteiger partial charge in [0.05, 0.1) is 23.3 Å². The van der Waals surface area contributed by atoms with Gasteiger partial charge in [-0.05, 0) is 24.8 Å². The number of aliphatic hydroxyl groups is 1. The molecule has 1 aliphatic rings. The summed E-state index contributed by atoms with van der Waals surface area (Å²) in [6.45, 7) is 1.29. The summed E-state index contributed by atoms with van der Waals surface area (Å²) in [5.41, 5.74) is 1.37. The molecule has 26 heavy (non-hydrogen) atoms. The van der Waals surface area contributed by atoms with E-state index >= 15 is 0 Å². The fraction of sp³-hybridized carbons (Fsp3) is 0.588. The number of amides is 1. The molecule has 6 nitrogen and oxygen atoms in total. The van der Waals surface area contributed by atoms with Crippen LogP contribution in [0.25, 0.3) is 11.1 Å². The molecule has 0 atom stereocenters. The molecule has 0 unspecified atom stereocenters. The van der Waals surface area contributed by atoms with Gasteiger partial charge in [-0.1, -0.05) is 19.0 Å². The SMILES string of the molecule is CC(C)c1noc2nc(C3CC3)cc(C(=O)N(CCO)CC(F)(F)F)c12. The zero-order valence-corrected chi connectivity index (χ0v) is 14.5. The van der Waals surface area contributed by atoms with Gasteiger partial charge in [-0.2, -0.15) is 13.2 Å². The van der Waals surface area contributed by atoms with Crippen molar-refractivity contribution >= 4 is 17.0 Å². The Bertz CT molecular complexity index is 813. The second kappa shape index (κ2) is 6.86. The molecule has 9 heteroatoms. The molecule has 0 saturated heterocycles. The first kappa shape index (κ1) is 18.6. The van der Waals surface area contributed by atoms with E-state index in [9.17, 15) is 18.0 Å². The highest BCUT2D eigenvalue weighted by Crippen LogP contribution is 2.41. The minimum Gasteiger partial charge on any atom is -0.395 e. The van der Waals surface area contributed by atoms with Crippen LogP contribution in [-0.2, 0) is 0 Å². The van der Waals surface area contributed by atoms with Crippen molar-refractivity contribution in [2.45, 2.75) is 44.7 Å². The van der Waals surface area contributed by atoms with Gasteiger partial charge in [0, 0.05) is 18.2 Å². The van der Waals surface area contributed by atoms with E-state index in [-0.39, 0.29) is 23.1 Å². The second-order valence-electron chi connectivity index (χ2n) is 6.84. The van der Waals surface area contributed by atoms with Crippen molar-refractivity contribution in [1.82, 2.24) is 15.0 Å². The monoisotopic (exact) mass is 371 g/mol. The molecule has 2 heterocycles. The summed E-state index contributed by atoms with van der Waals surface area (Å²) in [7, 11) is 0. The van der Waals surface area contributed by atoms with Crippen LogP contribution in [0.1, 0.15) is 60.3 Å². The van der Waals surface area contributed by atoms with Gasteiger partial charge >= 0.3 is 6.18 Å². The summed E-state index contributed by atoms with van der Waals surface area (Å²) in [6.07, 6.45) is -2.73. The number of rotatable bonds is 6. The van der Waals surface area contributed by atoms with E-state index < -0.39 is 31.8 Å². The van der Waals surface area contributed by atoms with Gasteiger partial charge in [0.25, 0.3) is 11.6 Å². The largest absolute Gasteiger partial charge is 0.406 e. The first-order valence-corrected chi connectivity index (χ1v) is 8.48. The molecule has 0 aromatic carbocycles. The third-order valence-electron chi connectivity index (χ3n) is 4.29. The third-order valence-corrected chi connectivity index (χ3v) is 4.29. The van der Waals surface area contributed by atoms with Crippen LogP contribution in [-0.4, -0.2) is 51.9 Å². The molecule has 0 bridgehead atoms. The molecule has 0 radical (unpaired) electrons. The van der Waals surface area contributed by atoms with Crippen molar-refractivity contribution in [3.63, 3.8) is 0 Å². The molecule has 0 aliphatic heterocycles. The summed E-state index contributed by atoms with van der Waals surface area (Å²) in [4.78, 5) is 17.9. The van der Waals surface area contributed by atoms with E-state index in [1.807, 2.05) is 13.8 Å². The molecule has 2 aromatic heterocycles. The lowest BCUT2D eigenvalue weighted by atomic mass is 10.0. The Kier molecular flexibility index (Phi) is 4.92. The zero-order chi connectivity index (χ0) is 19.1. The number of fused-ring (bicyclic) bond motifs is 1. The highest BCUT2D eigenvalue weighted by atomic mass is 19.4. The average molecular weight is 371 g/mol. The van der Waals surface area contributed by atoms with Crippen LogP contribution in [0.3, 0.4) is 0 Å². The fourth-order valence-corrected chi connectivity index (χ4v) is 2.90. The topological polar surface area (TPSA) is 79.5 Å². The van der Waals surface area contributed by atoms with E-state index in [1.54, 1.807) is 6.07 Å². The predicted octanol–water partition coefficient (Wildman–Crippen LogP) is 3.22. The average Bonchev–Trinajstić information content (AvgIpc) is 3.30. The highest BCUT2D eigenvalue weighted by molar-refractivity contribution is 6.06. The number of hydrogen-bond donors (Lipinski definition) is 1. The summed E-state index contributed by atoms with van der Waals surface area (Å²) in [6, 6.07) is 1.55. The van der Waals surface area contributed by atoms with Crippen LogP contribution in [0.5, 0.6) is 0 Å². The minimum atomic E-state index is -4.56. The summed E-state index contributed by atoms with van der Waals surface area (Å²) < 4.78 is 43.9. The Morgan fingerprint density at radius 1 is 1.42 bits per heavy atom. The lowest BCUT2D eigenvalue weighted by Crippen LogP contribution is -2.40. The first-order valence-electron chi connectivity index (χ1n) is 8.48. The highest BCUT2D eigenvalue weighted by Gasteiger charge is 2.35. The molecule has 1 saturated carbocycles. The number of hydrogen-bond acceptors (Lipinski definition) is 5. The van der Waals surface area contributed by atoms with Gasteiger partial charge in [-0.3, -0.25) is 4.79 Å². The normalized spacial score (nSPS) is 15.0. The van der Waals surface area contributed by atoms with E-state index in [4.69, 9.17) is 9.63 Å². The first-order chi connectivity index (χ1) is 12.2. The maximum Gasteiger partial charge on any atom is 0.406 e. The Balaban J connectivity index is 2.10. The molecule has 142 valence electrons. The Labute approximate surface area is 148 Å². The van der Waals surface area contributed by atoms with Gasteiger partial charge < -0.3 is 14.5 Å².